The van der Waals surface area contributed by atoms with Crippen LogP contribution in [-0.2, 0) is 5.41 Å². The van der Waals surface area contributed by atoms with Gasteiger partial charge in [-0.3, -0.25) is 0 Å². The third-order valence-corrected chi connectivity index (χ3v) is 7.30. The number of rotatable bonds is 6. The summed E-state index contributed by atoms with van der Waals surface area (Å²) in [5.41, 5.74) is 7.13. The van der Waals surface area contributed by atoms with Crippen molar-refractivity contribution in [2.24, 2.45) is 11.7 Å². The van der Waals surface area contributed by atoms with Crippen LogP contribution in [0.3, 0.4) is 0 Å². The molecule has 0 bridgehead atoms. The van der Waals surface area contributed by atoms with Crippen molar-refractivity contribution in [3.63, 3.8) is 0 Å². The first-order chi connectivity index (χ1) is 13.5. The topological polar surface area (TPSA) is 77.0 Å². The van der Waals surface area contributed by atoms with Crippen molar-refractivity contribution in [1.82, 2.24) is 15.5 Å². The third-order valence-electron chi connectivity index (χ3n) is 7.30. The summed E-state index contributed by atoms with van der Waals surface area (Å²) in [5.74, 6) is -1.46. The van der Waals surface area contributed by atoms with Crippen LogP contribution in [0.5, 0.6) is 0 Å². The zero-order valence-electron chi connectivity index (χ0n) is 16.3. The molecule has 0 aliphatic heterocycles. The van der Waals surface area contributed by atoms with Gasteiger partial charge >= 0.3 is 0 Å². The van der Waals surface area contributed by atoms with Crippen molar-refractivity contribution in [1.29, 1.82) is 0 Å². The summed E-state index contributed by atoms with van der Waals surface area (Å²) in [4.78, 5) is 4.56. The molecule has 0 spiro atoms. The molecule has 4 atom stereocenters. The Morgan fingerprint density at radius 3 is 2.82 bits per heavy atom. The van der Waals surface area contributed by atoms with E-state index in [1.807, 2.05) is 0 Å². The third kappa shape index (κ3) is 3.52. The average Bonchev–Trinajstić information content (AvgIpc) is 3.60. The summed E-state index contributed by atoms with van der Waals surface area (Å²) >= 11 is 0. The van der Waals surface area contributed by atoms with Gasteiger partial charge in [-0.1, -0.05) is 16.8 Å². The maximum atomic E-state index is 14.0. The SMILES string of the molecule is NC1CCC(c2nc(C3(CN[C@@H]4C[C@H]4C4=CCCCC4)CC3)no2)CC1(F)F. The zero-order chi connectivity index (χ0) is 19.4. The second-order valence-electron chi connectivity index (χ2n) is 9.44. The Bertz CT molecular complexity index is 757. The fourth-order valence-corrected chi connectivity index (χ4v) is 4.99. The summed E-state index contributed by atoms with van der Waals surface area (Å²) in [5, 5.41) is 7.90. The fourth-order valence-electron chi connectivity index (χ4n) is 4.99. The second-order valence-corrected chi connectivity index (χ2v) is 9.44. The minimum Gasteiger partial charge on any atom is -0.339 e. The first-order valence-electron chi connectivity index (χ1n) is 10.9. The quantitative estimate of drug-likeness (QED) is 0.720. The van der Waals surface area contributed by atoms with Gasteiger partial charge in [0.25, 0.3) is 5.92 Å². The zero-order valence-corrected chi connectivity index (χ0v) is 16.3. The number of nitrogens with zero attached hydrogens (tertiary/aromatic N) is 2. The molecule has 5 nitrogen and oxygen atoms in total. The molecule has 3 fully saturated rings. The highest BCUT2D eigenvalue weighted by molar-refractivity contribution is 5.23. The van der Waals surface area contributed by atoms with Crippen molar-refractivity contribution in [2.75, 3.05) is 6.54 Å². The number of hydrogen-bond donors (Lipinski definition) is 2. The standard InChI is InChI=1S/C21H30F2N4O/c22-21(23)11-14(6-7-17(21)24)18-26-19(27-28-18)20(8-9-20)12-25-16-10-15(16)13-4-2-1-3-5-13/h4,14-17,25H,1-3,5-12,24H2/t14?,15-,16+,17?/m0/s1. The molecule has 0 radical (unpaired) electrons. The van der Waals surface area contributed by atoms with Crippen LogP contribution in [0.4, 0.5) is 8.78 Å². The lowest BCUT2D eigenvalue weighted by Gasteiger charge is -2.32. The van der Waals surface area contributed by atoms with E-state index in [9.17, 15) is 8.78 Å². The molecule has 3 N–H and O–H groups in total. The van der Waals surface area contributed by atoms with Gasteiger partial charge in [0.05, 0.1) is 6.04 Å². The van der Waals surface area contributed by atoms with Crippen LogP contribution >= 0.6 is 0 Å². The summed E-state index contributed by atoms with van der Waals surface area (Å²) in [6, 6.07) is -0.484. The van der Waals surface area contributed by atoms with Crippen molar-refractivity contribution < 1.29 is 13.3 Å². The van der Waals surface area contributed by atoms with Gasteiger partial charge in [-0.2, -0.15) is 4.98 Å². The molecular weight excluding hydrogens is 362 g/mol. The number of nitrogens with one attached hydrogen (secondary N) is 1. The smallest absolute Gasteiger partial charge is 0.263 e. The normalized spacial score (nSPS) is 36.0. The minimum absolute atomic E-state index is 0.0660. The molecule has 1 aromatic heterocycles. The highest BCUT2D eigenvalue weighted by atomic mass is 19.3. The van der Waals surface area contributed by atoms with Crippen LogP contribution in [0.1, 0.15) is 81.8 Å². The van der Waals surface area contributed by atoms with Crippen LogP contribution < -0.4 is 11.1 Å². The van der Waals surface area contributed by atoms with E-state index in [0.717, 1.165) is 19.4 Å². The van der Waals surface area contributed by atoms with E-state index in [-0.39, 0.29) is 17.8 Å². The summed E-state index contributed by atoms with van der Waals surface area (Å²) in [6.07, 6.45) is 11.5. The van der Waals surface area contributed by atoms with E-state index in [1.54, 1.807) is 5.57 Å². The Morgan fingerprint density at radius 1 is 1.25 bits per heavy atom. The number of hydrogen-bond acceptors (Lipinski definition) is 5. The van der Waals surface area contributed by atoms with Gasteiger partial charge in [-0.25, -0.2) is 8.78 Å². The first-order valence-corrected chi connectivity index (χ1v) is 10.9. The largest absolute Gasteiger partial charge is 0.339 e. The molecule has 0 amide bonds. The van der Waals surface area contributed by atoms with Gasteiger partial charge in [0.1, 0.15) is 0 Å². The number of allylic oxidation sites excluding steroid dienone is 1. The predicted octanol–water partition coefficient (Wildman–Crippen LogP) is 3.81. The number of nitrogens with two attached hydrogens (primary N) is 1. The summed E-state index contributed by atoms with van der Waals surface area (Å²) in [6.45, 7) is 0.853. The molecule has 1 aromatic rings. The minimum atomic E-state index is -2.86. The molecule has 0 aromatic carbocycles. The van der Waals surface area contributed by atoms with Gasteiger partial charge in [0.15, 0.2) is 5.82 Å². The molecule has 1 heterocycles. The van der Waals surface area contributed by atoms with Gasteiger partial charge < -0.3 is 15.6 Å². The number of alkyl halides is 2. The first kappa shape index (κ1) is 18.7. The van der Waals surface area contributed by atoms with Gasteiger partial charge in [-0.15, -0.1) is 0 Å². The van der Waals surface area contributed by atoms with Gasteiger partial charge in [-0.05, 0) is 63.7 Å². The second kappa shape index (κ2) is 6.87. The summed E-state index contributed by atoms with van der Waals surface area (Å²) < 4.78 is 33.4. The molecule has 2 unspecified atom stereocenters. The average molecular weight is 392 g/mol. The fraction of sp³-hybridized carbons (Fsp3) is 0.810. The van der Waals surface area contributed by atoms with Crippen LogP contribution in [0, 0.1) is 5.92 Å². The Balaban J connectivity index is 1.19. The van der Waals surface area contributed by atoms with Crippen LogP contribution in [0.2, 0.25) is 0 Å². The molecule has 0 saturated heterocycles. The van der Waals surface area contributed by atoms with E-state index in [2.05, 4.69) is 21.5 Å². The van der Waals surface area contributed by atoms with Crippen molar-refractivity contribution in [3.05, 3.63) is 23.4 Å². The van der Waals surface area contributed by atoms with E-state index in [4.69, 9.17) is 10.3 Å². The Labute approximate surface area is 164 Å². The van der Waals surface area contributed by atoms with Gasteiger partial charge in [0.2, 0.25) is 5.89 Å². The molecule has 5 rings (SSSR count). The Morgan fingerprint density at radius 2 is 2.11 bits per heavy atom. The van der Waals surface area contributed by atoms with Crippen LogP contribution in [-0.4, -0.2) is 34.7 Å². The van der Waals surface area contributed by atoms with Crippen LogP contribution in [0.15, 0.2) is 16.2 Å². The maximum Gasteiger partial charge on any atom is 0.263 e. The Hall–Kier alpha value is -1.34. The molecule has 28 heavy (non-hydrogen) atoms. The maximum absolute atomic E-state index is 14.0. The number of aromatic nitrogens is 2. The lowest BCUT2D eigenvalue weighted by atomic mass is 9.83. The Kier molecular flexibility index (Phi) is 4.58. The number of halogens is 2. The van der Waals surface area contributed by atoms with Gasteiger partial charge in [0, 0.05) is 30.3 Å². The highest BCUT2D eigenvalue weighted by Crippen LogP contribution is 2.49. The predicted molar refractivity (Wildman–Crippen MR) is 101 cm³/mol. The van der Waals surface area contributed by atoms with Crippen molar-refractivity contribution >= 4 is 0 Å². The molecule has 3 saturated carbocycles. The van der Waals surface area contributed by atoms with E-state index in [1.165, 1.54) is 32.1 Å². The lowest BCUT2D eigenvalue weighted by Crippen LogP contribution is -2.45. The van der Waals surface area contributed by atoms with Crippen molar-refractivity contribution in [3.8, 4) is 0 Å². The van der Waals surface area contributed by atoms with E-state index < -0.39 is 12.0 Å². The van der Waals surface area contributed by atoms with Crippen molar-refractivity contribution in [2.45, 2.75) is 93.5 Å². The highest BCUT2D eigenvalue weighted by Gasteiger charge is 2.51. The summed E-state index contributed by atoms with van der Waals surface area (Å²) in [7, 11) is 0. The molecule has 7 heteroatoms. The van der Waals surface area contributed by atoms with E-state index in [0.29, 0.717) is 36.5 Å². The lowest BCUT2D eigenvalue weighted by molar-refractivity contribution is -0.0612. The van der Waals surface area contributed by atoms with Crippen LogP contribution in [0.25, 0.3) is 0 Å². The molecule has 154 valence electrons. The van der Waals surface area contributed by atoms with E-state index >= 15 is 0 Å². The monoisotopic (exact) mass is 392 g/mol. The molecular formula is C21H30F2N4O. The molecule has 4 aliphatic carbocycles. The molecule has 4 aliphatic rings.